The van der Waals surface area contributed by atoms with E-state index in [1.807, 2.05) is 18.2 Å². The second-order valence-electron chi connectivity index (χ2n) is 8.36. The van der Waals surface area contributed by atoms with Gasteiger partial charge in [-0.1, -0.05) is 29.3 Å². The number of rotatable bonds is 5. The number of piperazine rings is 1. The normalized spacial score (nSPS) is 14.3. The lowest BCUT2D eigenvalue weighted by Gasteiger charge is -2.34. The maximum atomic E-state index is 13.1. The maximum absolute atomic E-state index is 13.1. The van der Waals surface area contributed by atoms with Crippen molar-refractivity contribution in [1.82, 2.24) is 19.4 Å². The minimum absolute atomic E-state index is 0.303. The van der Waals surface area contributed by atoms with Gasteiger partial charge in [-0.3, -0.25) is 9.36 Å². The lowest BCUT2D eigenvalue weighted by Crippen LogP contribution is -2.44. The Hall–Kier alpha value is -3.33. The highest BCUT2D eigenvalue weighted by atomic mass is 35.5. The van der Waals surface area contributed by atoms with E-state index in [1.165, 1.54) is 10.8 Å². The molecule has 2 aromatic heterocycles. The van der Waals surface area contributed by atoms with Gasteiger partial charge in [0.25, 0.3) is 5.56 Å². The molecule has 0 bridgehead atoms. The lowest BCUT2D eigenvalue weighted by atomic mass is 10.2. The summed E-state index contributed by atoms with van der Waals surface area (Å²) in [6.45, 7) is 3.92. The summed E-state index contributed by atoms with van der Waals surface area (Å²) in [6.07, 6.45) is 3.12. The van der Waals surface area contributed by atoms with Gasteiger partial charge in [-0.25, -0.2) is 9.97 Å². The Balaban J connectivity index is 1.43. The summed E-state index contributed by atoms with van der Waals surface area (Å²) in [5.74, 6) is 1.15. The summed E-state index contributed by atoms with van der Waals surface area (Å²) in [5, 5.41) is 4.33. The molecule has 0 radical (unpaired) electrons. The summed E-state index contributed by atoms with van der Waals surface area (Å²) in [7, 11) is 3.80. The SMILES string of the molecule is COc1cc(Nc2ncc3c(=O)n(-c4c(Cl)cccc4Cl)ccc3n2)ccc1N1CCN(C)CC1. The molecule has 1 saturated heterocycles. The van der Waals surface area contributed by atoms with Crippen molar-refractivity contribution in [3.05, 3.63) is 75.3 Å². The maximum Gasteiger partial charge on any atom is 0.266 e. The van der Waals surface area contributed by atoms with E-state index in [4.69, 9.17) is 27.9 Å². The molecule has 5 rings (SSSR count). The number of para-hydroxylation sites is 1. The molecule has 0 aliphatic carbocycles. The standard InChI is InChI=1S/C25H24Cl2N6O2/c1-31-10-12-32(13-11-31)21-7-6-16(14-22(21)35-2)29-25-28-15-17-20(30-25)8-9-33(24(17)34)23-18(26)4-3-5-19(23)27/h3-9,14-15H,10-13H2,1-2H3,(H,28,29,30). The van der Waals surface area contributed by atoms with Crippen molar-refractivity contribution in [2.75, 3.05) is 50.6 Å². The molecule has 0 saturated carbocycles. The predicted molar refractivity (Wildman–Crippen MR) is 141 cm³/mol. The van der Waals surface area contributed by atoms with Gasteiger partial charge in [-0.15, -0.1) is 0 Å². The van der Waals surface area contributed by atoms with Crippen LogP contribution in [0.15, 0.2) is 59.7 Å². The Bertz CT molecular complexity index is 1430. The Kier molecular flexibility index (Phi) is 6.51. The molecular weight excluding hydrogens is 487 g/mol. The molecule has 10 heteroatoms. The van der Waals surface area contributed by atoms with Crippen LogP contribution in [0.25, 0.3) is 16.6 Å². The van der Waals surface area contributed by atoms with Gasteiger partial charge in [-0.05, 0) is 37.4 Å². The molecule has 1 fully saturated rings. The largest absolute Gasteiger partial charge is 0.495 e. The number of benzene rings is 2. The van der Waals surface area contributed by atoms with E-state index < -0.39 is 0 Å². The fraction of sp³-hybridized carbons (Fsp3) is 0.240. The highest BCUT2D eigenvalue weighted by Crippen LogP contribution is 2.33. The number of methoxy groups -OCH3 is 1. The Morgan fingerprint density at radius 2 is 1.77 bits per heavy atom. The molecule has 1 aliphatic rings. The molecule has 0 unspecified atom stereocenters. The first-order valence-corrected chi connectivity index (χ1v) is 11.9. The minimum Gasteiger partial charge on any atom is -0.495 e. The van der Waals surface area contributed by atoms with Crippen molar-refractivity contribution >= 4 is 51.4 Å². The summed E-state index contributed by atoms with van der Waals surface area (Å²) in [5.41, 5.74) is 2.48. The van der Waals surface area contributed by atoms with Gasteiger partial charge in [0, 0.05) is 50.3 Å². The van der Waals surface area contributed by atoms with Crippen molar-refractivity contribution in [2.24, 2.45) is 0 Å². The molecule has 0 spiro atoms. The Labute approximate surface area is 212 Å². The topological polar surface area (TPSA) is 75.5 Å². The Morgan fingerprint density at radius 3 is 2.49 bits per heavy atom. The number of hydrogen-bond donors (Lipinski definition) is 1. The molecule has 4 aromatic rings. The van der Waals surface area contributed by atoms with Crippen LogP contribution in [0.1, 0.15) is 0 Å². The number of nitrogens with zero attached hydrogens (tertiary/aromatic N) is 5. The number of ether oxygens (including phenoxy) is 1. The van der Waals surface area contributed by atoms with E-state index in [1.54, 1.807) is 37.6 Å². The summed E-state index contributed by atoms with van der Waals surface area (Å²) < 4.78 is 7.07. The van der Waals surface area contributed by atoms with E-state index in [-0.39, 0.29) is 5.56 Å². The second-order valence-corrected chi connectivity index (χ2v) is 9.17. The van der Waals surface area contributed by atoms with Crippen LogP contribution in [-0.2, 0) is 0 Å². The first-order valence-electron chi connectivity index (χ1n) is 11.2. The van der Waals surface area contributed by atoms with Gasteiger partial charge < -0.3 is 19.9 Å². The Morgan fingerprint density at radius 1 is 1.03 bits per heavy atom. The van der Waals surface area contributed by atoms with E-state index in [2.05, 4.69) is 32.1 Å². The molecule has 2 aromatic carbocycles. The summed E-state index contributed by atoms with van der Waals surface area (Å²) in [4.78, 5) is 26.6. The third-order valence-electron chi connectivity index (χ3n) is 6.11. The summed E-state index contributed by atoms with van der Waals surface area (Å²) >= 11 is 12.6. The zero-order valence-electron chi connectivity index (χ0n) is 19.3. The van der Waals surface area contributed by atoms with Crippen LogP contribution in [0, 0.1) is 0 Å². The second kappa shape index (κ2) is 9.73. The van der Waals surface area contributed by atoms with Crippen molar-refractivity contribution < 1.29 is 4.74 Å². The van der Waals surface area contributed by atoms with Gasteiger partial charge in [0.15, 0.2) is 0 Å². The third-order valence-corrected chi connectivity index (χ3v) is 6.72. The number of nitrogens with one attached hydrogen (secondary N) is 1. The quantitative estimate of drug-likeness (QED) is 0.420. The van der Waals surface area contributed by atoms with Crippen LogP contribution in [0.5, 0.6) is 5.75 Å². The number of halogens is 2. The molecule has 3 heterocycles. The van der Waals surface area contributed by atoms with Crippen molar-refractivity contribution in [1.29, 1.82) is 0 Å². The van der Waals surface area contributed by atoms with Crippen LogP contribution in [0.2, 0.25) is 10.0 Å². The molecular formula is C25H24Cl2N6O2. The van der Waals surface area contributed by atoms with Crippen LogP contribution >= 0.6 is 23.2 Å². The molecule has 180 valence electrons. The van der Waals surface area contributed by atoms with E-state index in [9.17, 15) is 4.79 Å². The van der Waals surface area contributed by atoms with Crippen LogP contribution < -0.4 is 20.5 Å². The molecule has 8 nitrogen and oxygen atoms in total. The smallest absolute Gasteiger partial charge is 0.266 e. The number of anilines is 3. The van der Waals surface area contributed by atoms with Gasteiger partial charge >= 0.3 is 0 Å². The van der Waals surface area contributed by atoms with Gasteiger partial charge in [0.1, 0.15) is 5.75 Å². The zero-order valence-corrected chi connectivity index (χ0v) is 20.8. The van der Waals surface area contributed by atoms with Crippen LogP contribution in [-0.4, -0.2) is 59.8 Å². The monoisotopic (exact) mass is 510 g/mol. The number of fused-ring (bicyclic) bond motifs is 1. The first kappa shape index (κ1) is 23.4. The van der Waals surface area contributed by atoms with Gasteiger partial charge in [-0.2, -0.15) is 0 Å². The van der Waals surface area contributed by atoms with Crippen LogP contribution in [0.4, 0.5) is 17.3 Å². The lowest BCUT2D eigenvalue weighted by molar-refractivity contribution is 0.311. The number of pyridine rings is 1. The van der Waals surface area contributed by atoms with E-state index >= 15 is 0 Å². The highest BCUT2D eigenvalue weighted by molar-refractivity contribution is 6.37. The fourth-order valence-corrected chi connectivity index (χ4v) is 4.76. The van der Waals surface area contributed by atoms with Crippen molar-refractivity contribution in [3.8, 4) is 11.4 Å². The molecule has 1 N–H and O–H groups in total. The number of likely N-dealkylation sites (N-methyl/N-ethyl adjacent to an activating group) is 1. The average Bonchev–Trinajstić information content (AvgIpc) is 2.86. The zero-order chi connectivity index (χ0) is 24.5. The van der Waals surface area contributed by atoms with Gasteiger partial charge in [0.2, 0.25) is 5.95 Å². The first-order chi connectivity index (χ1) is 16.9. The molecule has 0 amide bonds. The molecule has 0 atom stereocenters. The van der Waals surface area contributed by atoms with Crippen LogP contribution in [0.3, 0.4) is 0 Å². The minimum atomic E-state index is -0.303. The van der Waals surface area contributed by atoms with Crippen molar-refractivity contribution in [2.45, 2.75) is 0 Å². The molecule has 35 heavy (non-hydrogen) atoms. The van der Waals surface area contributed by atoms with Gasteiger partial charge in [0.05, 0.1) is 39.4 Å². The van der Waals surface area contributed by atoms with Crippen molar-refractivity contribution in [3.63, 3.8) is 0 Å². The number of hydrogen-bond acceptors (Lipinski definition) is 7. The molecule has 1 aliphatic heterocycles. The predicted octanol–water partition coefficient (Wildman–Crippen LogP) is 4.59. The summed E-state index contributed by atoms with van der Waals surface area (Å²) in [6, 6.07) is 12.8. The number of aromatic nitrogens is 3. The third kappa shape index (κ3) is 4.65. The van der Waals surface area contributed by atoms with E-state index in [0.29, 0.717) is 32.6 Å². The van der Waals surface area contributed by atoms with E-state index in [0.717, 1.165) is 43.3 Å². The fourth-order valence-electron chi connectivity index (χ4n) is 4.18. The average molecular weight is 511 g/mol. The highest BCUT2D eigenvalue weighted by Gasteiger charge is 2.18.